The van der Waals surface area contributed by atoms with Crippen LogP contribution in [0.4, 0.5) is 0 Å². The summed E-state index contributed by atoms with van der Waals surface area (Å²) in [6, 6.07) is 41.8. The number of para-hydroxylation sites is 1. The molecule has 0 saturated carbocycles. The van der Waals surface area contributed by atoms with Crippen LogP contribution in [-0.2, 0) is 0 Å². The molecule has 3 aromatic heterocycles. The number of aromatic nitrogens is 3. The first-order chi connectivity index (χ1) is 21.8. The van der Waals surface area contributed by atoms with Gasteiger partial charge in [-0.05, 0) is 41.0 Å². The van der Waals surface area contributed by atoms with E-state index in [-0.39, 0.29) is 5.92 Å². The van der Waals surface area contributed by atoms with Gasteiger partial charge in [-0.3, -0.25) is 0 Å². The lowest BCUT2D eigenvalue weighted by atomic mass is 9.97. The maximum atomic E-state index is 6.17. The Morgan fingerprint density at radius 3 is 2.09 bits per heavy atom. The van der Waals surface area contributed by atoms with E-state index in [0.717, 1.165) is 39.9 Å². The van der Waals surface area contributed by atoms with E-state index >= 15 is 0 Å². The highest BCUT2D eigenvalue weighted by Gasteiger charge is 2.20. The minimum Gasteiger partial charge on any atom is -0.456 e. The van der Waals surface area contributed by atoms with Crippen LogP contribution in [0.1, 0.15) is 18.2 Å². The molecule has 0 spiro atoms. The van der Waals surface area contributed by atoms with E-state index in [9.17, 15) is 0 Å². The molecule has 5 heteroatoms. The van der Waals surface area contributed by atoms with Gasteiger partial charge in [0.15, 0.2) is 11.6 Å². The van der Waals surface area contributed by atoms with Crippen LogP contribution in [0.3, 0.4) is 0 Å². The Labute approximate surface area is 257 Å². The molecule has 0 fully saturated rings. The minimum atomic E-state index is 0.0639. The molecule has 0 radical (unpaired) electrons. The summed E-state index contributed by atoms with van der Waals surface area (Å²) in [5.41, 5.74) is 6.20. The van der Waals surface area contributed by atoms with Crippen LogP contribution in [-0.4, -0.2) is 15.0 Å². The number of thiophene rings is 1. The molecule has 4 nitrogen and oxygen atoms in total. The molecule has 1 aliphatic rings. The average molecular weight is 584 g/mol. The van der Waals surface area contributed by atoms with E-state index in [1.165, 1.54) is 36.4 Å². The summed E-state index contributed by atoms with van der Waals surface area (Å²) in [5, 5.41) is 4.91. The van der Waals surface area contributed by atoms with Crippen LogP contribution in [0.5, 0.6) is 0 Å². The smallest absolute Gasteiger partial charge is 0.163 e. The van der Waals surface area contributed by atoms with E-state index in [4.69, 9.17) is 19.4 Å². The predicted molar refractivity (Wildman–Crippen MR) is 181 cm³/mol. The SMILES string of the molecule is C1=c2sc3cc(-c4cccc5oc6ccccc6c45)ccc3c2=CCC1c1nc(-c2ccccc2)nc(-c2ccccc2)n1. The molecule has 0 amide bonds. The monoisotopic (exact) mass is 583 g/mol. The predicted octanol–water partition coefficient (Wildman–Crippen LogP) is 8.74. The van der Waals surface area contributed by atoms with Crippen LogP contribution < -0.4 is 9.75 Å². The Bertz CT molecular complexity index is 2420. The highest BCUT2D eigenvalue weighted by molar-refractivity contribution is 7.17. The van der Waals surface area contributed by atoms with Gasteiger partial charge in [-0.1, -0.05) is 115 Å². The van der Waals surface area contributed by atoms with Crippen molar-refractivity contribution in [3.63, 3.8) is 0 Å². The number of rotatable bonds is 4. The Morgan fingerprint density at radius 2 is 1.32 bits per heavy atom. The summed E-state index contributed by atoms with van der Waals surface area (Å²) >= 11 is 1.84. The summed E-state index contributed by atoms with van der Waals surface area (Å²) in [6.45, 7) is 0. The molecule has 8 aromatic rings. The van der Waals surface area contributed by atoms with Gasteiger partial charge in [0.25, 0.3) is 0 Å². The number of nitrogens with zero attached hydrogens (tertiary/aromatic N) is 3. The molecular weight excluding hydrogens is 559 g/mol. The van der Waals surface area contributed by atoms with Gasteiger partial charge in [0.1, 0.15) is 17.0 Å². The average Bonchev–Trinajstić information content (AvgIpc) is 3.66. The maximum absolute atomic E-state index is 6.17. The highest BCUT2D eigenvalue weighted by Crippen LogP contribution is 2.37. The van der Waals surface area contributed by atoms with Crippen molar-refractivity contribution < 1.29 is 4.42 Å². The topological polar surface area (TPSA) is 51.8 Å². The summed E-state index contributed by atoms with van der Waals surface area (Å²) in [4.78, 5) is 14.9. The first-order valence-electron chi connectivity index (χ1n) is 14.8. The van der Waals surface area contributed by atoms with Crippen molar-refractivity contribution in [3.8, 4) is 33.9 Å². The molecular formula is C39H25N3OS. The summed E-state index contributed by atoms with van der Waals surface area (Å²) in [5.74, 6) is 2.27. The molecule has 0 aliphatic heterocycles. The molecule has 1 aliphatic carbocycles. The Hall–Kier alpha value is -5.39. The fraction of sp³-hybridized carbons (Fsp3) is 0.0513. The first kappa shape index (κ1) is 25.1. The first-order valence-corrected chi connectivity index (χ1v) is 15.6. The quantitative estimate of drug-likeness (QED) is 0.208. The second kappa shape index (κ2) is 10.1. The number of hydrogen-bond donors (Lipinski definition) is 0. The van der Waals surface area contributed by atoms with Gasteiger partial charge >= 0.3 is 0 Å². The number of fused-ring (bicyclic) bond motifs is 6. The molecule has 208 valence electrons. The molecule has 3 heterocycles. The number of hydrogen-bond acceptors (Lipinski definition) is 5. The van der Waals surface area contributed by atoms with Crippen molar-refractivity contribution in [2.75, 3.05) is 0 Å². The van der Waals surface area contributed by atoms with Crippen molar-refractivity contribution in [1.82, 2.24) is 15.0 Å². The van der Waals surface area contributed by atoms with E-state index in [0.29, 0.717) is 11.6 Å². The summed E-state index contributed by atoms with van der Waals surface area (Å²) in [7, 11) is 0. The van der Waals surface area contributed by atoms with E-state index in [1.54, 1.807) is 0 Å². The highest BCUT2D eigenvalue weighted by atomic mass is 32.1. The van der Waals surface area contributed by atoms with E-state index in [2.05, 4.69) is 84.9 Å². The Balaban J connectivity index is 1.16. The normalized spacial score (nSPS) is 14.4. The van der Waals surface area contributed by atoms with Gasteiger partial charge in [-0.25, -0.2) is 15.0 Å². The Morgan fingerprint density at radius 1 is 0.614 bits per heavy atom. The fourth-order valence-corrected chi connectivity index (χ4v) is 7.57. The van der Waals surface area contributed by atoms with Crippen LogP contribution in [0.2, 0.25) is 0 Å². The van der Waals surface area contributed by atoms with Gasteiger partial charge in [0, 0.05) is 42.4 Å². The Kier molecular flexibility index (Phi) is 5.78. The van der Waals surface area contributed by atoms with Crippen molar-refractivity contribution in [2.24, 2.45) is 0 Å². The molecule has 44 heavy (non-hydrogen) atoms. The van der Waals surface area contributed by atoms with Crippen LogP contribution >= 0.6 is 11.3 Å². The summed E-state index contributed by atoms with van der Waals surface area (Å²) in [6.07, 6.45) is 5.55. The molecule has 1 unspecified atom stereocenters. The standard InChI is InChI=1S/C39H25N3OS/c1-3-10-24(11-4-1)37-40-38(25-12-5-2-6-13-25)42-39(41-37)27-19-21-30-29-20-18-26(22-34(29)44-35(30)23-27)28-15-9-17-33-36(28)31-14-7-8-16-32(31)43-33/h1-18,20-23,27H,19H2. The van der Waals surface area contributed by atoms with Crippen LogP contribution in [0, 0.1) is 0 Å². The third kappa shape index (κ3) is 4.16. The van der Waals surface area contributed by atoms with Gasteiger partial charge < -0.3 is 4.42 Å². The second-order valence-corrected chi connectivity index (χ2v) is 12.2. The largest absolute Gasteiger partial charge is 0.456 e. The van der Waals surface area contributed by atoms with E-state index < -0.39 is 0 Å². The van der Waals surface area contributed by atoms with Gasteiger partial charge in [0.05, 0.1) is 0 Å². The number of furan rings is 1. The zero-order valence-electron chi connectivity index (χ0n) is 23.6. The molecule has 9 rings (SSSR count). The van der Waals surface area contributed by atoms with E-state index in [1.807, 2.05) is 59.9 Å². The van der Waals surface area contributed by atoms with Crippen LogP contribution in [0.25, 0.3) is 78.1 Å². The summed E-state index contributed by atoms with van der Waals surface area (Å²) < 4.78 is 8.71. The van der Waals surface area contributed by atoms with Gasteiger partial charge in [0.2, 0.25) is 0 Å². The zero-order valence-corrected chi connectivity index (χ0v) is 24.5. The fourth-order valence-electron chi connectivity index (χ4n) is 6.32. The molecule has 5 aromatic carbocycles. The lowest BCUT2D eigenvalue weighted by Crippen LogP contribution is -2.24. The van der Waals surface area contributed by atoms with Crippen molar-refractivity contribution in [2.45, 2.75) is 12.3 Å². The lowest BCUT2D eigenvalue weighted by Gasteiger charge is -2.14. The minimum absolute atomic E-state index is 0.0639. The van der Waals surface area contributed by atoms with Crippen molar-refractivity contribution >= 4 is 55.5 Å². The maximum Gasteiger partial charge on any atom is 0.163 e. The zero-order chi connectivity index (χ0) is 29.0. The van der Waals surface area contributed by atoms with Crippen molar-refractivity contribution in [3.05, 3.63) is 137 Å². The second-order valence-electron chi connectivity index (χ2n) is 11.2. The van der Waals surface area contributed by atoms with Crippen LogP contribution in [0.15, 0.2) is 126 Å². The lowest BCUT2D eigenvalue weighted by molar-refractivity contribution is 0.669. The third-order valence-electron chi connectivity index (χ3n) is 8.45. The number of benzene rings is 5. The molecule has 0 saturated heterocycles. The molecule has 0 N–H and O–H groups in total. The van der Waals surface area contributed by atoms with Gasteiger partial charge in [-0.15, -0.1) is 11.3 Å². The van der Waals surface area contributed by atoms with Gasteiger partial charge in [-0.2, -0.15) is 0 Å². The molecule has 0 bridgehead atoms. The van der Waals surface area contributed by atoms with Crippen molar-refractivity contribution in [1.29, 1.82) is 0 Å². The molecule has 1 atom stereocenters. The third-order valence-corrected chi connectivity index (χ3v) is 9.58.